The van der Waals surface area contributed by atoms with E-state index in [9.17, 15) is 5.11 Å². The molecule has 0 radical (unpaired) electrons. The lowest BCUT2D eigenvalue weighted by molar-refractivity contribution is 0.209. The first-order valence-corrected chi connectivity index (χ1v) is 6.94. The molecule has 0 spiro atoms. The highest BCUT2D eigenvalue weighted by Crippen LogP contribution is 2.32. The van der Waals surface area contributed by atoms with Gasteiger partial charge in [-0.3, -0.25) is 0 Å². The number of hydrogen-bond acceptors (Lipinski definition) is 4. The van der Waals surface area contributed by atoms with Crippen molar-refractivity contribution in [2.45, 2.75) is 12.5 Å². The van der Waals surface area contributed by atoms with Gasteiger partial charge in [-0.05, 0) is 39.5 Å². The number of fused-ring (bicyclic) bond motifs is 1. The summed E-state index contributed by atoms with van der Waals surface area (Å²) in [5, 5.41) is 18.3. The van der Waals surface area contributed by atoms with Crippen molar-refractivity contribution in [3.8, 4) is 0 Å². The molecule has 0 bridgehead atoms. The highest BCUT2D eigenvalue weighted by atomic mass is 79.9. The fourth-order valence-electron chi connectivity index (χ4n) is 2.54. The van der Waals surface area contributed by atoms with Crippen molar-refractivity contribution in [3.05, 3.63) is 39.6 Å². The van der Waals surface area contributed by atoms with Crippen LogP contribution < -0.4 is 4.90 Å². The highest BCUT2D eigenvalue weighted by molar-refractivity contribution is 9.10. The molecular weight excluding hydrogens is 308 g/mol. The van der Waals surface area contributed by atoms with Gasteiger partial charge in [0.2, 0.25) is 0 Å². The molecule has 1 aliphatic rings. The first-order chi connectivity index (χ1) is 9.08. The fourth-order valence-corrected chi connectivity index (χ4v) is 3.09. The van der Waals surface area contributed by atoms with E-state index in [1.807, 2.05) is 6.07 Å². The molecule has 1 aromatic heterocycles. The van der Waals surface area contributed by atoms with Gasteiger partial charge >= 0.3 is 0 Å². The normalized spacial score (nSPS) is 15.7. The molecule has 2 aromatic rings. The molecule has 0 saturated heterocycles. The molecular formula is C13H15BrN4O. The molecule has 3 rings (SSSR count). The molecule has 1 atom stereocenters. The maximum atomic E-state index is 10.5. The zero-order valence-corrected chi connectivity index (χ0v) is 12.4. The van der Waals surface area contributed by atoms with E-state index < -0.39 is 6.10 Å². The summed E-state index contributed by atoms with van der Waals surface area (Å²) in [4.78, 5) is 2.23. The Bertz CT molecular complexity index is 606. The molecule has 0 amide bonds. The van der Waals surface area contributed by atoms with Gasteiger partial charge in [-0.25, -0.2) is 4.68 Å². The van der Waals surface area contributed by atoms with Crippen LogP contribution in [0.1, 0.15) is 22.9 Å². The van der Waals surface area contributed by atoms with E-state index in [0.717, 1.165) is 18.5 Å². The Kier molecular flexibility index (Phi) is 3.06. The summed E-state index contributed by atoms with van der Waals surface area (Å²) in [5.41, 5.74) is 4.08. The van der Waals surface area contributed by atoms with Gasteiger partial charge in [0.25, 0.3) is 0 Å². The number of aryl methyl sites for hydroxylation is 1. The molecule has 2 heterocycles. The Hall–Kier alpha value is -1.40. The monoisotopic (exact) mass is 322 g/mol. The molecule has 5 nitrogen and oxygen atoms in total. The number of hydrogen-bond donors (Lipinski definition) is 1. The van der Waals surface area contributed by atoms with Crippen LogP contribution in [0.5, 0.6) is 0 Å². The number of anilines is 1. The van der Waals surface area contributed by atoms with Gasteiger partial charge in [-0.1, -0.05) is 17.3 Å². The molecule has 1 aliphatic heterocycles. The van der Waals surface area contributed by atoms with E-state index in [-0.39, 0.29) is 0 Å². The van der Waals surface area contributed by atoms with Gasteiger partial charge in [-0.15, -0.1) is 5.10 Å². The van der Waals surface area contributed by atoms with Gasteiger partial charge in [0.15, 0.2) is 4.60 Å². The Morgan fingerprint density at radius 1 is 1.37 bits per heavy atom. The lowest BCUT2D eigenvalue weighted by Crippen LogP contribution is -2.12. The second kappa shape index (κ2) is 4.61. The number of aliphatic hydroxyl groups is 1. The van der Waals surface area contributed by atoms with Crippen molar-refractivity contribution >= 4 is 21.6 Å². The van der Waals surface area contributed by atoms with Gasteiger partial charge < -0.3 is 10.0 Å². The summed E-state index contributed by atoms with van der Waals surface area (Å²) in [6.07, 6.45) is 0.308. The minimum Gasteiger partial charge on any atom is -0.382 e. The molecule has 100 valence electrons. The third kappa shape index (κ3) is 2.04. The summed E-state index contributed by atoms with van der Waals surface area (Å²) in [7, 11) is 3.86. The van der Waals surface area contributed by atoms with Crippen LogP contribution >= 0.6 is 15.9 Å². The second-order valence-electron chi connectivity index (χ2n) is 4.85. The molecule has 1 N–H and O–H groups in total. The van der Waals surface area contributed by atoms with Crippen molar-refractivity contribution in [1.29, 1.82) is 0 Å². The number of halogens is 1. The highest BCUT2D eigenvalue weighted by Gasteiger charge is 2.22. The Labute approximate surface area is 120 Å². The van der Waals surface area contributed by atoms with Crippen molar-refractivity contribution in [1.82, 2.24) is 15.0 Å². The van der Waals surface area contributed by atoms with Crippen molar-refractivity contribution in [2.24, 2.45) is 7.05 Å². The molecule has 6 heteroatoms. The van der Waals surface area contributed by atoms with Crippen LogP contribution in [-0.2, 0) is 13.5 Å². The SMILES string of the molecule is CN1CCc2cc(C(O)c3c(Br)nnn3C)ccc21. The van der Waals surface area contributed by atoms with Crippen LogP contribution in [0, 0.1) is 0 Å². The number of nitrogens with zero attached hydrogens (tertiary/aromatic N) is 4. The fraction of sp³-hybridized carbons (Fsp3) is 0.385. The van der Waals surface area contributed by atoms with Gasteiger partial charge in [0, 0.05) is 26.3 Å². The molecule has 19 heavy (non-hydrogen) atoms. The van der Waals surface area contributed by atoms with Crippen molar-refractivity contribution in [2.75, 3.05) is 18.5 Å². The zero-order chi connectivity index (χ0) is 13.6. The minimum atomic E-state index is -0.717. The first kappa shape index (κ1) is 12.6. The summed E-state index contributed by atoms with van der Waals surface area (Å²) < 4.78 is 2.17. The maximum absolute atomic E-state index is 10.5. The van der Waals surface area contributed by atoms with Gasteiger partial charge in [0.05, 0.1) is 0 Å². The Morgan fingerprint density at radius 3 is 2.84 bits per heavy atom. The summed E-state index contributed by atoms with van der Waals surface area (Å²) >= 11 is 3.32. The largest absolute Gasteiger partial charge is 0.382 e. The third-order valence-electron chi connectivity index (χ3n) is 3.63. The van der Waals surface area contributed by atoms with Gasteiger partial charge in [-0.2, -0.15) is 0 Å². The lowest BCUT2D eigenvalue weighted by Gasteiger charge is -2.15. The third-order valence-corrected chi connectivity index (χ3v) is 4.20. The van der Waals surface area contributed by atoms with E-state index in [1.54, 1.807) is 11.7 Å². The number of aromatic nitrogens is 3. The molecule has 0 aliphatic carbocycles. The van der Waals surface area contributed by atoms with Crippen molar-refractivity contribution in [3.63, 3.8) is 0 Å². The van der Waals surface area contributed by atoms with E-state index in [0.29, 0.717) is 10.3 Å². The van der Waals surface area contributed by atoms with Crippen LogP contribution in [0.25, 0.3) is 0 Å². The number of likely N-dealkylation sites (N-methyl/N-ethyl adjacent to an activating group) is 1. The molecule has 1 unspecified atom stereocenters. The summed E-state index contributed by atoms with van der Waals surface area (Å²) in [5.74, 6) is 0. The van der Waals surface area contributed by atoms with Crippen LogP contribution in [0.4, 0.5) is 5.69 Å². The number of benzene rings is 1. The van der Waals surface area contributed by atoms with Crippen LogP contribution in [-0.4, -0.2) is 33.7 Å². The second-order valence-corrected chi connectivity index (χ2v) is 5.60. The standard InChI is InChI=1S/C13H15BrN4O/c1-17-6-5-8-7-9(3-4-10(8)17)12(19)11-13(14)15-16-18(11)2/h3-4,7,12,19H,5-6H2,1-2H3. The summed E-state index contributed by atoms with van der Waals surface area (Å²) in [6.45, 7) is 1.03. The van der Waals surface area contributed by atoms with E-state index in [4.69, 9.17) is 0 Å². The average Bonchev–Trinajstić information content (AvgIpc) is 2.93. The zero-order valence-electron chi connectivity index (χ0n) is 10.8. The van der Waals surface area contributed by atoms with E-state index in [1.165, 1.54) is 11.3 Å². The smallest absolute Gasteiger partial charge is 0.154 e. The summed E-state index contributed by atoms with van der Waals surface area (Å²) in [6, 6.07) is 6.10. The number of aliphatic hydroxyl groups excluding tert-OH is 1. The quantitative estimate of drug-likeness (QED) is 0.913. The van der Waals surface area contributed by atoms with E-state index in [2.05, 4.69) is 50.3 Å². The number of rotatable bonds is 2. The van der Waals surface area contributed by atoms with Crippen LogP contribution in [0.3, 0.4) is 0 Å². The topological polar surface area (TPSA) is 54.2 Å². The van der Waals surface area contributed by atoms with E-state index >= 15 is 0 Å². The lowest BCUT2D eigenvalue weighted by atomic mass is 10.0. The Balaban J connectivity index is 1.99. The van der Waals surface area contributed by atoms with Gasteiger partial charge in [0.1, 0.15) is 11.8 Å². The maximum Gasteiger partial charge on any atom is 0.154 e. The van der Waals surface area contributed by atoms with Crippen molar-refractivity contribution < 1.29 is 5.11 Å². The predicted molar refractivity (Wildman–Crippen MR) is 76.2 cm³/mol. The van der Waals surface area contributed by atoms with Crippen LogP contribution in [0.2, 0.25) is 0 Å². The molecule has 0 saturated carbocycles. The molecule has 0 fully saturated rings. The Morgan fingerprint density at radius 2 is 2.16 bits per heavy atom. The molecule has 1 aromatic carbocycles. The minimum absolute atomic E-state index is 0.583. The van der Waals surface area contributed by atoms with Crippen LogP contribution in [0.15, 0.2) is 22.8 Å². The first-order valence-electron chi connectivity index (χ1n) is 6.15. The predicted octanol–water partition coefficient (Wildman–Crippen LogP) is 1.65. The average molecular weight is 323 g/mol.